The second-order valence-electron chi connectivity index (χ2n) is 7.55. The number of aromatic nitrogens is 1. The number of thiazole rings is 1. The molecule has 5 rings (SSSR count). The molecule has 0 aliphatic heterocycles. The molecule has 1 aromatic heterocycles. The maximum atomic E-state index is 13.3. The Morgan fingerprint density at radius 2 is 1.81 bits per heavy atom. The third-order valence-corrected chi connectivity index (χ3v) is 7.34. The van der Waals surface area contributed by atoms with Crippen molar-refractivity contribution < 1.29 is 52.4 Å². The smallest absolute Gasteiger partial charge is 0.871 e. The maximum Gasteiger partial charge on any atom is 1.00 e. The number of benzene rings is 4. The molecule has 0 saturated heterocycles. The third kappa shape index (κ3) is 4.81. The van der Waals surface area contributed by atoms with Gasteiger partial charge in [-0.2, -0.15) is 8.42 Å². The fourth-order valence-corrected chi connectivity index (χ4v) is 5.42. The molecule has 12 heteroatoms. The van der Waals surface area contributed by atoms with Gasteiger partial charge in [0.1, 0.15) is 21.3 Å². The summed E-state index contributed by atoms with van der Waals surface area (Å²) < 4.78 is 40.2. The van der Waals surface area contributed by atoms with Crippen LogP contribution in [0.2, 0.25) is 0 Å². The van der Waals surface area contributed by atoms with Crippen LogP contribution < -0.4 is 45.1 Å². The summed E-state index contributed by atoms with van der Waals surface area (Å²) in [6.45, 7) is 0. The Kier molecular flexibility index (Phi) is 7.32. The van der Waals surface area contributed by atoms with Gasteiger partial charge in [0.25, 0.3) is 10.1 Å². The van der Waals surface area contributed by atoms with Crippen molar-refractivity contribution in [3.05, 3.63) is 66.7 Å². The number of methoxy groups -OCH3 is 1. The van der Waals surface area contributed by atoms with Crippen LogP contribution in [0.3, 0.4) is 0 Å². The number of nitrogens with two attached hydrogens (primary N) is 1. The van der Waals surface area contributed by atoms with Crippen LogP contribution in [0.1, 0.15) is 0 Å². The Morgan fingerprint density at radius 1 is 1.03 bits per heavy atom. The molecular formula is C24H17N4NaO5S2. The van der Waals surface area contributed by atoms with Gasteiger partial charge in [-0.25, -0.2) is 4.98 Å². The average Bonchev–Trinajstić information content (AvgIpc) is 3.28. The maximum absolute atomic E-state index is 13.3. The van der Waals surface area contributed by atoms with Gasteiger partial charge in [-0.3, -0.25) is 4.55 Å². The van der Waals surface area contributed by atoms with Crippen molar-refractivity contribution in [1.29, 1.82) is 0 Å². The summed E-state index contributed by atoms with van der Waals surface area (Å²) in [5.74, 6) is -0.298. The Morgan fingerprint density at radius 3 is 2.53 bits per heavy atom. The molecule has 0 amide bonds. The predicted molar refractivity (Wildman–Crippen MR) is 133 cm³/mol. The van der Waals surface area contributed by atoms with Crippen LogP contribution in [-0.4, -0.2) is 25.1 Å². The Labute approximate surface area is 232 Å². The number of nitrogen functional groups attached to an aromatic ring is 1. The number of para-hydroxylation sites is 1. The molecule has 0 atom stereocenters. The minimum atomic E-state index is -4.80. The number of hydrogen-bond acceptors (Lipinski definition) is 9. The molecule has 1 heterocycles. The van der Waals surface area contributed by atoms with Crippen molar-refractivity contribution in [2.75, 3.05) is 12.8 Å². The first-order chi connectivity index (χ1) is 16.8. The summed E-state index contributed by atoms with van der Waals surface area (Å²) in [5.41, 5.74) is 7.62. The zero-order valence-electron chi connectivity index (χ0n) is 19.2. The minimum Gasteiger partial charge on any atom is -0.871 e. The van der Waals surface area contributed by atoms with E-state index in [0.717, 1.165) is 5.56 Å². The topological polar surface area (TPSA) is 150 Å². The first kappa shape index (κ1) is 26.0. The quantitative estimate of drug-likeness (QED) is 0.154. The molecule has 176 valence electrons. The van der Waals surface area contributed by atoms with E-state index in [1.807, 2.05) is 6.07 Å². The van der Waals surface area contributed by atoms with Crippen molar-refractivity contribution in [2.24, 2.45) is 10.2 Å². The molecule has 0 fully saturated rings. The molecule has 5 aromatic rings. The number of azo groups is 1. The first-order valence-corrected chi connectivity index (χ1v) is 12.5. The van der Waals surface area contributed by atoms with Gasteiger partial charge in [0.15, 0.2) is 0 Å². The molecule has 0 radical (unpaired) electrons. The van der Waals surface area contributed by atoms with Crippen molar-refractivity contribution in [2.45, 2.75) is 4.90 Å². The summed E-state index contributed by atoms with van der Waals surface area (Å²) in [6.07, 6.45) is 0. The first-order valence-electron chi connectivity index (χ1n) is 10.2. The molecule has 3 N–H and O–H groups in total. The normalized spacial score (nSPS) is 11.7. The van der Waals surface area contributed by atoms with E-state index in [0.29, 0.717) is 37.7 Å². The molecule has 36 heavy (non-hydrogen) atoms. The molecular weight excluding hydrogens is 511 g/mol. The van der Waals surface area contributed by atoms with E-state index in [1.54, 1.807) is 54.6 Å². The SMILES string of the molecule is COc1ccccc1N=Nc1c(S(=O)(=O)O)cc2c(ccc3nc(-c4cccc(N)c4)sc32)c1[O-].[Na+]. The van der Waals surface area contributed by atoms with Gasteiger partial charge in [-0.05, 0) is 41.8 Å². The zero-order valence-corrected chi connectivity index (χ0v) is 22.8. The van der Waals surface area contributed by atoms with Gasteiger partial charge in [0.05, 0.1) is 23.0 Å². The largest absolute Gasteiger partial charge is 1.00 e. The minimum absolute atomic E-state index is 0. The number of anilines is 1. The van der Waals surface area contributed by atoms with Crippen molar-refractivity contribution in [3.63, 3.8) is 0 Å². The molecule has 9 nitrogen and oxygen atoms in total. The van der Waals surface area contributed by atoms with E-state index in [1.165, 1.54) is 24.5 Å². The van der Waals surface area contributed by atoms with Crippen LogP contribution in [0, 0.1) is 0 Å². The molecule has 0 unspecified atom stereocenters. The van der Waals surface area contributed by atoms with Crippen molar-refractivity contribution in [1.82, 2.24) is 4.98 Å². The molecule has 0 bridgehead atoms. The number of hydrogen-bond donors (Lipinski definition) is 2. The number of ether oxygens (including phenoxy) is 1. The second-order valence-corrected chi connectivity index (χ2v) is 9.94. The van der Waals surface area contributed by atoms with Crippen molar-refractivity contribution in [3.8, 4) is 22.1 Å². The number of rotatable bonds is 5. The Bertz CT molecular complexity index is 1750. The summed E-state index contributed by atoms with van der Waals surface area (Å²) in [5, 5.41) is 22.5. The van der Waals surface area contributed by atoms with Crippen LogP contribution in [0.25, 0.3) is 31.6 Å². The van der Waals surface area contributed by atoms with E-state index in [2.05, 4.69) is 15.2 Å². The summed E-state index contributed by atoms with van der Waals surface area (Å²) in [4.78, 5) is 3.97. The van der Waals surface area contributed by atoms with Gasteiger partial charge in [0, 0.05) is 16.6 Å². The van der Waals surface area contributed by atoms with Crippen LogP contribution in [0.15, 0.2) is 81.9 Å². The van der Waals surface area contributed by atoms with Crippen molar-refractivity contribution >= 4 is 59.5 Å². The van der Waals surface area contributed by atoms with Crippen LogP contribution in [-0.2, 0) is 10.1 Å². The van der Waals surface area contributed by atoms with E-state index in [4.69, 9.17) is 10.5 Å². The summed E-state index contributed by atoms with van der Waals surface area (Å²) in [7, 11) is -3.35. The van der Waals surface area contributed by atoms with Gasteiger partial charge >= 0.3 is 29.6 Å². The van der Waals surface area contributed by atoms with E-state index >= 15 is 0 Å². The second kappa shape index (κ2) is 10.1. The van der Waals surface area contributed by atoms with E-state index < -0.39 is 26.5 Å². The number of nitrogens with zero attached hydrogens (tertiary/aromatic N) is 3. The molecule has 0 aliphatic carbocycles. The predicted octanol–water partition coefficient (Wildman–Crippen LogP) is 2.45. The molecule has 0 saturated carbocycles. The average molecular weight is 529 g/mol. The van der Waals surface area contributed by atoms with Crippen LogP contribution in [0.4, 0.5) is 17.1 Å². The van der Waals surface area contributed by atoms with Crippen LogP contribution in [0.5, 0.6) is 11.5 Å². The summed E-state index contributed by atoms with van der Waals surface area (Å²) >= 11 is 1.29. The standard InChI is InChI=1S/C24H18N4O5S2.Na/c1-33-19-8-3-2-7-17(19)27-28-21-20(35(30,31)32)12-16-15(22(21)29)9-10-18-23(16)34-24(26-18)13-5-4-6-14(25)11-13;/h2-12,29H,25H2,1H3,(H,30,31,32);/q;+1/p-1. The van der Waals surface area contributed by atoms with Gasteiger partial charge in [-0.1, -0.05) is 36.1 Å². The third-order valence-electron chi connectivity index (χ3n) is 5.32. The van der Waals surface area contributed by atoms with Gasteiger partial charge in [-0.15, -0.1) is 21.6 Å². The fraction of sp³-hybridized carbons (Fsp3) is 0.0417. The molecule has 0 spiro atoms. The Balaban J connectivity index is 0.00000304. The molecule has 4 aromatic carbocycles. The van der Waals surface area contributed by atoms with Gasteiger partial charge < -0.3 is 15.6 Å². The van der Waals surface area contributed by atoms with Crippen LogP contribution >= 0.6 is 11.3 Å². The summed E-state index contributed by atoms with van der Waals surface area (Å²) in [6, 6.07) is 18.3. The van der Waals surface area contributed by atoms with E-state index in [-0.39, 0.29) is 34.9 Å². The molecule has 0 aliphatic rings. The number of fused-ring (bicyclic) bond motifs is 3. The zero-order chi connectivity index (χ0) is 24.7. The monoisotopic (exact) mass is 528 g/mol. The fourth-order valence-electron chi connectivity index (χ4n) is 3.70. The van der Waals surface area contributed by atoms with Gasteiger partial charge in [0.2, 0.25) is 0 Å². The Hall–Kier alpha value is -3.06. The van der Waals surface area contributed by atoms with E-state index in [9.17, 15) is 18.1 Å².